The molecule has 0 radical (unpaired) electrons. The summed E-state index contributed by atoms with van der Waals surface area (Å²) in [5.74, 6) is -2.12. The molecule has 19 N–H and O–H groups in total. The predicted molar refractivity (Wildman–Crippen MR) is 237 cm³/mol. The molecular weight excluding hydrogens is 1040 g/mol. The third-order valence-electron chi connectivity index (χ3n) is 13.9. The monoisotopic (exact) mass is 1110 g/mol. The highest BCUT2D eigenvalue weighted by Gasteiger charge is 2.57. The topological polar surface area (TPSA) is 513 Å². The summed E-state index contributed by atoms with van der Waals surface area (Å²) in [6, 6.07) is -4.41. The van der Waals surface area contributed by atoms with Crippen LogP contribution in [0.1, 0.15) is 27.7 Å². The Labute approximate surface area is 432 Å². The summed E-state index contributed by atoms with van der Waals surface area (Å²) in [7, 11) is 0. The van der Waals surface area contributed by atoms with Crippen LogP contribution in [-0.4, -0.2) is 323 Å². The van der Waals surface area contributed by atoms with Gasteiger partial charge in [-0.1, -0.05) is 0 Å². The van der Waals surface area contributed by atoms with Crippen molar-refractivity contribution >= 4 is 17.7 Å². The molecule has 0 aliphatic carbocycles. The van der Waals surface area contributed by atoms with Crippen LogP contribution < -0.4 is 16.0 Å². The fourth-order valence-corrected chi connectivity index (χ4v) is 9.86. The molecule has 33 heteroatoms. The molecule has 33 nitrogen and oxygen atoms in total. The van der Waals surface area contributed by atoms with E-state index in [1.54, 1.807) is 0 Å². The Kier molecular flexibility index (Phi) is 22.4. The molecule has 0 spiro atoms. The van der Waals surface area contributed by atoms with Gasteiger partial charge >= 0.3 is 0 Å². The van der Waals surface area contributed by atoms with Gasteiger partial charge in [-0.15, -0.1) is 0 Å². The number of rotatable bonds is 19. The molecule has 6 heterocycles. The fourth-order valence-electron chi connectivity index (χ4n) is 9.86. The van der Waals surface area contributed by atoms with Crippen LogP contribution in [0, 0.1) is 0 Å². The molecule has 6 aliphatic heterocycles. The van der Waals surface area contributed by atoms with E-state index in [4.69, 9.17) is 52.1 Å². The number of hydrogen-bond acceptors (Lipinski definition) is 30. The third-order valence-corrected chi connectivity index (χ3v) is 13.9. The van der Waals surface area contributed by atoms with Gasteiger partial charge in [-0.05, 0) is 6.92 Å². The van der Waals surface area contributed by atoms with Gasteiger partial charge in [0, 0.05) is 20.8 Å². The molecule has 6 fully saturated rings. The molecule has 3 amide bonds. The van der Waals surface area contributed by atoms with Crippen molar-refractivity contribution in [3.63, 3.8) is 0 Å². The number of hydrogen-bond donors (Lipinski definition) is 19. The van der Waals surface area contributed by atoms with Crippen molar-refractivity contribution in [1.82, 2.24) is 16.0 Å². The number of aliphatic hydroxyl groups is 16. The Morgan fingerprint density at radius 3 is 1.25 bits per heavy atom. The van der Waals surface area contributed by atoms with Crippen LogP contribution in [0.15, 0.2) is 0 Å². The Bertz CT molecular complexity index is 1870. The summed E-state index contributed by atoms with van der Waals surface area (Å²) in [6.45, 7) is -0.745. The summed E-state index contributed by atoms with van der Waals surface area (Å²) in [6.07, 6.45) is -49.5. The Balaban J connectivity index is 1.30. The highest BCUT2D eigenvalue weighted by atomic mass is 16.8. The molecule has 0 aromatic rings. The van der Waals surface area contributed by atoms with Crippen LogP contribution in [0.3, 0.4) is 0 Å². The van der Waals surface area contributed by atoms with Crippen LogP contribution >= 0.6 is 0 Å². The van der Waals surface area contributed by atoms with E-state index in [-0.39, 0.29) is 0 Å². The smallest absolute Gasteiger partial charge is 0.217 e. The molecular formula is C43H73N3O30. The second kappa shape index (κ2) is 27.2. The molecule has 30 atom stereocenters. The lowest BCUT2D eigenvalue weighted by Crippen LogP contribution is -2.70. The largest absolute Gasteiger partial charge is 0.394 e. The van der Waals surface area contributed by atoms with E-state index in [0.717, 1.165) is 13.8 Å². The van der Waals surface area contributed by atoms with Crippen molar-refractivity contribution in [2.45, 2.75) is 212 Å². The van der Waals surface area contributed by atoms with E-state index in [1.807, 2.05) is 0 Å². The van der Waals surface area contributed by atoms with Gasteiger partial charge in [-0.3, -0.25) is 14.4 Å². The molecule has 76 heavy (non-hydrogen) atoms. The average molecular weight is 1110 g/mol. The van der Waals surface area contributed by atoms with Gasteiger partial charge < -0.3 is 150 Å². The molecule has 0 bridgehead atoms. The van der Waals surface area contributed by atoms with Crippen LogP contribution in [0.25, 0.3) is 0 Å². The molecule has 0 saturated carbocycles. The zero-order valence-electron chi connectivity index (χ0n) is 41.4. The van der Waals surface area contributed by atoms with Crippen molar-refractivity contribution in [3.05, 3.63) is 0 Å². The normalized spacial score (nSPS) is 48.2. The molecule has 0 aromatic carbocycles. The van der Waals surface area contributed by atoms with E-state index >= 15 is 0 Å². The number of ether oxygens (including phenoxy) is 11. The van der Waals surface area contributed by atoms with Crippen molar-refractivity contribution in [2.75, 3.05) is 39.6 Å². The van der Waals surface area contributed by atoms with Crippen LogP contribution in [-0.2, 0) is 66.5 Å². The second-order valence-corrected chi connectivity index (χ2v) is 19.3. The maximum atomic E-state index is 12.6. The number of aliphatic hydroxyl groups excluding tert-OH is 16. The number of carbonyl (C=O) groups is 3. The Morgan fingerprint density at radius 2 is 0.724 bits per heavy atom. The highest BCUT2D eigenvalue weighted by molar-refractivity contribution is 5.74. The van der Waals surface area contributed by atoms with E-state index in [2.05, 4.69) is 16.0 Å². The van der Waals surface area contributed by atoms with Gasteiger partial charge in [-0.2, -0.15) is 0 Å². The van der Waals surface area contributed by atoms with Crippen LogP contribution in [0.2, 0.25) is 0 Å². The first-order valence-corrected chi connectivity index (χ1v) is 24.4. The van der Waals surface area contributed by atoms with Crippen molar-refractivity contribution in [1.29, 1.82) is 0 Å². The molecule has 14 unspecified atom stereocenters. The maximum Gasteiger partial charge on any atom is 0.217 e. The fraction of sp³-hybridized carbons (Fsp3) is 0.930. The summed E-state index contributed by atoms with van der Waals surface area (Å²) in [5.41, 5.74) is 0. The van der Waals surface area contributed by atoms with E-state index in [0.29, 0.717) is 0 Å². The zero-order chi connectivity index (χ0) is 56.2. The predicted octanol–water partition coefficient (Wildman–Crippen LogP) is -12.6. The van der Waals surface area contributed by atoms with Gasteiger partial charge in [0.2, 0.25) is 17.7 Å². The summed E-state index contributed by atoms with van der Waals surface area (Å²) in [5, 5.41) is 181. The number of amides is 3. The zero-order valence-corrected chi connectivity index (χ0v) is 41.4. The van der Waals surface area contributed by atoms with Gasteiger partial charge in [-0.25, -0.2) is 0 Å². The van der Waals surface area contributed by atoms with Crippen LogP contribution in [0.4, 0.5) is 0 Å². The molecule has 6 rings (SSSR count). The first-order chi connectivity index (χ1) is 35.9. The van der Waals surface area contributed by atoms with Gasteiger partial charge in [0.25, 0.3) is 0 Å². The lowest BCUT2D eigenvalue weighted by molar-refractivity contribution is -0.386. The lowest BCUT2D eigenvalue weighted by Gasteiger charge is -2.50. The first kappa shape index (κ1) is 62.5. The highest BCUT2D eigenvalue weighted by Crippen LogP contribution is 2.36. The first-order valence-electron chi connectivity index (χ1n) is 24.4. The summed E-state index contributed by atoms with van der Waals surface area (Å²) in [4.78, 5) is 36.8. The number of carbonyl (C=O) groups excluding carboxylic acids is 3. The van der Waals surface area contributed by atoms with Crippen molar-refractivity contribution in [3.8, 4) is 0 Å². The minimum absolute atomic E-state index is 0.561. The summed E-state index contributed by atoms with van der Waals surface area (Å²) < 4.78 is 64.4. The minimum Gasteiger partial charge on any atom is -0.394 e. The Morgan fingerprint density at radius 1 is 0.355 bits per heavy atom. The van der Waals surface area contributed by atoms with Gasteiger partial charge in [0.05, 0.1) is 51.8 Å². The van der Waals surface area contributed by atoms with Crippen LogP contribution in [0.5, 0.6) is 0 Å². The molecule has 6 saturated heterocycles. The number of nitrogens with one attached hydrogen (secondary N) is 3. The molecule has 0 aromatic heterocycles. The standard InChI is InChI=1S/C43H73N3O30/c1-11-21(44-12(2)52)29(60)35(18(8-50)67-11)73-40-23(46-14(4)54)30(61)36(19(9-51)71-40)74-42-34(65)37(75-41-33(64)31(62)25(56)16(6-48)69-41)27(58)20(72-42)10-66-43-38(32(63)26(57)17(7-49)70-43)76-39-22(45-13(3)53)28(59)24(55)15(5-47)68-39/h11,15-43,47-51,55-65H,5-10H2,1-4H3,(H,44,52)(H,45,53)(H,46,54)/t11-,15-,16-,17?,18?,19?,20?,21?,22?,23?,24+,25?,26+,27+,28?,29+,30+,31?,32-,33?,34?,35+,36+,37-,38?,39?,40-,41+,42-,43-/m0/s1. The minimum atomic E-state index is -2.26. The van der Waals surface area contributed by atoms with Crippen molar-refractivity contribution < 1.29 is 148 Å². The lowest BCUT2D eigenvalue weighted by atomic mass is 9.92. The average Bonchev–Trinajstić information content (AvgIpc) is 3.38. The van der Waals surface area contributed by atoms with E-state index in [9.17, 15) is 96.1 Å². The second-order valence-electron chi connectivity index (χ2n) is 19.3. The van der Waals surface area contributed by atoms with Gasteiger partial charge in [0.1, 0.15) is 140 Å². The quantitative estimate of drug-likeness (QED) is 0.0571. The molecule has 6 aliphatic rings. The third kappa shape index (κ3) is 13.7. The SMILES string of the molecule is CC(=O)NC1C(OC2[C@@H](OCC3O[C@@H](O[C@@H]4C(CO)O[C@@H](O[C@@H]5C(CO)O[C@@H](C)C(NC(C)=O)[C@H]5O)C(NC(C)=O)[C@H]4O)C(O)[C@@H](O[C@H]4O[C@@H](CO)C(O)C(O)C4O)[C@@H]3O)OC(CO)[C@@H](O)[C@@H]2O)O[C@@H](CO)[C@@H](O)C1O. The van der Waals surface area contributed by atoms with E-state index in [1.165, 1.54) is 13.8 Å². The molecule has 440 valence electrons. The summed E-state index contributed by atoms with van der Waals surface area (Å²) >= 11 is 0. The van der Waals surface area contributed by atoms with E-state index < -0.39 is 241 Å². The Hall–Kier alpha value is -2.67. The maximum absolute atomic E-state index is 12.6. The van der Waals surface area contributed by atoms with Gasteiger partial charge in [0.15, 0.2) is 31.5 Å². The van der Waals surface area contributed by atoms with Crippen molar-refractivity contribution in [2.24, 2.45) is 0 Å².